The number of carbonyl (C=O) groups is 2. The van der Waals surface area contributed by atoms with E-state index in [1.54, 1.807) is 24.3 Å². The Morgan fingerprint density at radius 3 is 2.52 bits per heavy atom. The number of rotatable bonds is 9. The summed E-state index contributed by atoms with van der Waals surface area (Å²) in [7, 11) is 1.51. The largest absolute Gasteiger partial charge is 0.493 e. The lowest BCUT2D eigenvalue weighted by Gasteiger charge is -2.42. The van der Waals surface area contributed by atoms with Crippen LogP contribution in [-0.4, -0.2) is 32.1 Å². The Bertz CT molecular complexity index is 889. The average Bonchev–Trinajstić information content (AvgIpc) is 2.70. The molecule has 1 aliphatic rings. The highest BCUT2D eigenvalue weighted by Gasteiger charge is 2.38. The van der Waals surface area contributed by atoms with Crippen molar-refractivity contribution in [1.82, 2.24) is 5.32 Å². The molecule has 0 aliphatic heterocycles. The molecule has 2 aromatic carbocycles. The fourth-order valence-electron chi connectivity index (χ4n) is 3.51. The van der Waals surface area contributed by atoms with E-state index in [9.17, 15) is 9.59 Å². The quantitative estimate of drug-likeness (QED) is 0.640. The number of methoxy groups -OCH3 is 1. The molecule has 0 atom stereocenters. The number of benzene rings is 2. The van der Waals surface area contributed by atoms with Crippen molar-refractivity contribution in [1.29, 1.82) is 0 Å². The zero-order valence-corrected chi connectivity index (χ0v) is 16.5. The minimum absolute atomic E-state index is 0.0490. The number of nitrogens with two attached hydrogens (primary N) is 1. The van der Waals surface area contributed by atoms with Gasteiger partial charge in [0, 0.05) is 18.0 Å². The van der Waals surface area contributed by atoms with Gasteiger partial charge in [0.1, 0.15) is 0 Å². The van der Waals surface area contributed by atoms with E-state index < -0.39 is 5.91 Å². The molecule has 2 amide bonds. The number of amides is 2. The molecule has 6 heteroatoms. The van der Waals surface area contributed by atoms with E-state index in [-0.39, 0.29) is 17.9 Å². The maximum atomic E-state index is 12.3. The second kappa shape index (κ2) is 9.28. The average molecular weight is 394 g/mol. The minimum Gasteiger partial charge on any atom is -0.493 e. The zero-order valence-electron chi connectivity index (χ0n) is 16.5. The highest BCUT2D eigenvalue weighted by molar-refractivity contribution is 5.91. The number of nitrogens with one attached hydrogen (secondary N) is 1. The van der Waals surface area contributed by atoms with Crippen molar-refractivity contribution in [2.75, 3.05) is 20.3 Å². The third-order valence-electron chi connectivity index (χ3n) is 5.28. The summed E-state index contributed by atoms with van der Waals surface area (Å²) in [6.07, 6.45) is 6.59. The van der Waals surface area contributed by atoms with Gasteiger partial charge in [-0.2, -0.15) is 0 Å². The molecular formula is C23H26N2O4. The van der Waals surface area contributed by atoms with Crippen LogP contribution in [0.5, 0.6) is 11.5 Å². The van der Waals surface area contributed by atoms with Crippen LogP contribution in [0.25, 0.3) is 6.08 Å². The van der Waals surface area contributed by atoms with E-state index in [0.717, 1.165) is 18.4 Å². The molecule has 1 fully saturated rings. The number of carbonyl (C=O) groups excluding carboxylic acids is 2. The Morgan fingerprint density at radius 2 is 1.90 bits per heavy atom. The van der Waals surface area contributed by atoms with E-state index in [1.165, 1.54) is 25.2 Å². The maximum absolute atomic E-state index is 12.3. The summed E-state index contributed by atoms with van der Waals surface area (Å²) < 4.78 is 10.6. The lowest BCUT2D eigenvalue weighted by molar-refractivity contribution is -0.120. The normalized spacial score (nSPS) is 14.8. The number of hydrogen-bond donors (Lipinski definition) is 2. The third-order valence-corrected chi connectivity index (χ3v) is 5.28. The first-order valence-corrected chi connectivity index (χ1v) is 9.63. The standard InChI is InChI=1S/C23H26N2O4/c1-28-20-14-17(8-10-19(20)29-15-21(24)26)9-11-22(27)25-16-23(12-5-13-23)18-6-3-2-4-7-18/h2-4,6-11,14H,5,12-13,15-16H2,1H3,(H2,24,26)(H,25,27). The van der Waals surface area contributed by atoms with Gasteiger partial charge in [0.2, 0.25) is 5.91 Å². The summed E-state index contributed by atoms with van der Waals surface area (Å²) >= 11 is 0. The number of ether oxygens (including phenoxy) is 2. The van der Waals surface area contributed by atoms with Crippen LogP contribution in [0.4, 0.5) is 0 Å². The van der Waals surface area contributed by atoms with Gasteiger partial charge in [0.05, 0.1) is 7.11 Å². The second-order valence-electron chi connectivity index (χ2n) is 7.22. The van der Waals surface area contributed by atoms with Crippen molar-refractivity contribution in [3.8, 4) is 11.5 Å². The van der Waals surface area contributed by atoms with E-state index in [2.05, 4.69) is 17.4 Å². The molecule has 2 aromatic rings. The van der Waals surface area contributed by atoms with Gasteiger partial charge in [-0.15, -0.1) is 0 Å². The van der Waals surface area contributed by atoms with Gasteiger partial charge in [-0.3, -0.25) is 9.59 Å². The molecule has 1 aliphatic carbocycles. The first kappa shape index (κ1) is 20.5. The van der Waals surface area contributed by atoms with Crippen LogP contribution in [0, 0.1) is 0 Å². The Hall–Kier alpha value is -3.28. The van der Waals surface area contributed by atoms with E-state index in [1.807, 2.05) is 18.2 Å². The molecule has 0 heterocycles. The monoisotopic (exact) mass is 394 g/mol. The summed E-state index contributed by atoms with van der Waals surface area (Å²) in [6.45, 7) is 0.403. The summed E-state index contributed by atoms with van der Waals surface area (Å²) in [4.78, 5) is 23.2. The second-order valence-corrected chi connectivity index (χ2v) is 7.22. The third kappa shape index (κ3) is 5.16. The Kier molecular flexibility index (Phi) is 6.54. The predicted molar refractivity (Wildman–Crippen MR) is 112 cm³/mol. The Morgan fingerprint density at radius 1 is 1.14 bits per heavy atom. The van der Waals surface area contributed by atoms with Crippen LogP contribution in [-0.2, 0) is 15.0 Å². The number of hydrogen-bond acceptors (Lipinski definition) is 4. The van der Waals surface area contributed by atoms with Gasteiger partial charge in [-0.1, -0.05) is 42.8 Å². The van der Waals surface area contributed by atoms with Crippen molar-refractivity contribution >= 4 is 17.9 Å². The van der Waals surface area contributed by atoms with Gasteiger partial charge >= 0.3 is 0 Å². The summed E-state index contributed by atoms with van der Waals surface area (Å²) in [5, 5.41) is 3.03. The van der Waals surface area contributed by atoms with Gasteiger partial charge in [0.25, 0.3) is 5.91 Å². The van der Waals surface area contributed by atoms with Gasteiger partial charge < -0.3 is 20.5 Å². The molecular weight excluding hydrogens is 368 g/mol. The van der Waals surface area contributed by atoms with E-state index in [0.29, 0.717) is 18.0 Å². The lowest BCUT2D eigenvalue weighted by atomic mass is 9.64. The summed E-state index contributed by atoms with van der Waals surface area (Å²) in [5.41, 5.74) is 7.21. The topological polar surface area (TPSA) is 90.7 Å². The van der Waals surface area contributed by atoms with Crippen LogP contribution in [0.2, 0.25) is 0 Å². The van der Waals surface area contributed by atoms with Crippen molar-refractivity contribution < 1.29 is 19.1 Å². The minimum atomic E-state index is -0.563. The van der Waals surface area contributed by atoms with Gasteiger partial charge in [-0.05, 0) is 42.2 Å². The molecule has 0 saturated heterocycles. The van der Waals surface area contributed by atoms with Crippen LogP contribution in [0.3, 0.4) is 0 Å². The van der Waals surface area contributed by atoms with E-state index >= 15 is 0 Å². The maximum Gasteiger partial charge on any atom is 0.255 e. The highest BCUT2D eigenvalue weighted by atomic mass is 16.5. The smallest absolute Gasteiger partial charge is 0.255 e. The first-order valence-electron chi connectivity index (χ1n) is 9.63. The molecule has 6 nitrogen and oxygen atoms in total. The first-order chi connectivity index (χ1) is 14.0. The molecule has 3 N–H and O–H groups in total. The van der Waals surface area contributed by atoms with E-state index in [4.69, 9.17) is 15.2 Å². The van der Waals surface area contributed by atoms with Crippen molar-refractivity contribution in [2.45, 2.75) is 24.7 Å². The SMILES string of the molecule is COc1cc(C=CC(=O)NCC2(c3ccccc3)CCC2)ccc1OCC(N)=O. The molecule has 0 unspecified atom stereocenters. The summed E-state index contributed by atoms with van der Waals surface area (Å²) in [6, 6.07) is 15.6. The van der Waals surface area contributed by atoms with Crippen LogP contribution in [0.15, 0.2) is 54.6 Å². The lowest BCUT2D eigenvalue weighted by Crippen LogP contribution is -2.45. The van der Waals surface area contributed by atoms with Gasteiger partial charge in [0.15, 0.2) is 18.1 Å². The number of primary amides is 1. The fourth-order valence-corrected chi connectivity index (χ4v) is 3.51. The predicted octanol–water partition coefficient (Wildman–Crippen LogP) is 2.81. The molecule has 152 valence electrons. The Balaban J connectivity index is 1.59. The van der Waals surface area contributed by atoms with Crippen LogP contribution < -0.4 is 20.5 Å². The van der Waals surface area contributed by atoms with Crippen LogP contribution in [0.1, 0.15) is 30.4 Å². The van der Waals surface area contributed by atoms with Crippen molar-refractivity contribution in [2.24, 2.45) is 5.73 Å². The molecule has 0 bridgehead atoms. The molecule has 0 aromatic heterocycles. The molecule has 0 spiro atoms. The molecule has 0 radical (unpaired) electrons. The van der Waals surface area contributed by atoms with Gasteiger partial charge in [-0.25, -0.2) is 0 Å². The van der Waals surface area contributed by atoms with Crippen LogP contribution >= 0.6 is 0 Å². The fraction of sp³-hybridized carbons (Fsp3) is 0.304. The molecule has 29 heavy (non-hydrogen) atoms. The molecule has 1 saturated carbocycles. The molecule has 3 rings (SSSR count). The van der Waals surface area contributed by atoms with Crippen molar-refractivity contribution in [3.05, 3.63) is 65.7 Å². The zero-order chi connectivity index (χ0) is 20.7. The summed E-state index contributed by atoms with van der Waals surface area (Å²) in [5.74, 6) is 0.182. The Labute approximate surface area is 170 Å². The highest BCUT2D eigenvalue weighted by Crippen LogP contribution is 2.43. The van der Waals surface area contributed by atoms with Crippen molar-refractivity contribution in [3.63, 3.8) is 0 Å².